The van der Waals surface area contributed by atoms with Gasteiger partial charge in [0, 0.05) is 0 Å². The molecule has 2 rings (SSSR count). The largest absolute Gasteiger partial charge is 0.464 e. The Morgan fingerprint density at radius 2 is 1.52 bits per heavy atom. The Kier molecular flexibility index (Phi) is 3.12. The maximum Gasteiger partial charge on any atom is 0.417 e. The van der Waals surface area contributed by atoms with Crippen LogP contribution in [-0.2, 0) is 10.2 Å². The van der Waals surface area contributed by atoms with E-state index in [9.17, 15) is 29.0 Å². The minimum atomic E-state index is -4.92. The molecular formula is C14H6F3N3O. The summed E-state index contributed by atoms with van der Waals surface area (Å²) in [5, 5.41) is 27.8. The molecule has 4 nitrogen and oxygen atoms in total. The number of nitrogens with zero attached hydrogens (tertiary/aromatic N) is 3. The molecule has 21 heavy (non-hydrogen) atoms. The molecule has 1 heterocycles. The van der Waals surface area contributed by atoms with E-state index in [-0.39, 0.29) is 11.8 Å². The monoisotopic (exact) mass is 289 g/mol. The SMILES string of the molecule is N#CC1(C#N)OC=C(C(F)(F)F)C1(C#N)c1ccccc1. The van der Waals surface area contributed by atoms with E-state index in [1.165, 1.54) is 42.5 Å². The van der Waals surface area contributed by atoms with Gasteiger partial charge in [-0.1, -0.05) is 30.3 Å². The zero-order valence-electron chi connectivity index (χ0n) is 10.3. The van der Waals surface area contributed by atoms with Crippen molar-refractivity contribution in [3.05, 3.63) is 47.7 Å². The van der Waals surface area contributed by atoms with Crippen molar-refractivity contribution < 1.29 is 17.9 Å². The van der Waals surface area contributed by atoms with Gasteiger partial charge >= 0.3 is 11.8 Å². The van der Waals surface area contributed by atoms with Crippen LogP contribution in [0, 0.1) is 34.0 Å². The molecule has 0 aliphatic carbocycles. The van der Waals surface area contributed by atoms with Crippen molar-refractivity contribution in [2.45, 2.75) is 17.2 Å². The number of hydrogen-bond donors (Lipinski definition) is 0. The summed E-state index contributed by atoms with van der Waals surface area (Å²) < 4.78 is 44.4. The maximum absolute atomic E-state index is 13.2. The number of halogens is 3. The average Bonchev–Trinajstić information content (AvgIpc) is 2.83. The minimum absolute atomic E-state index is 0.128. The highest BCUT2D eigenvalue weighted by Gasteiger charge is 2.68. The molecule has 1 aliphatic rings. The van der Waals surface area contributed by atoms with Crippen LogP contribution in [0.3, 0.4) is 0 Å². The highest BCUT2D eigenvalue weighted by atomic mass is 19.4. The summed E-state index contributed by atoms with van der Waals surface area (Å²) in [6, 6.07) is 11.2. The van der Waals surface area contributed by atoms with Gasteiger partial charge in [-0.3, -0.25) is 0 Å². The smallest absolute Gasteiger partial charge is 0.417 e. The third-order valence-electron chi connectivity index (χ3n) is 3.28. The Balaban J connectivity index is 2.85. The van der Waals surface area contributed by atoms with Crippen molar-refractivity contribution in [3.63, 3.8) is 0 Å². The normalized spacial score (nSPS) is 23.1. The van der Waals surface area contributed by atoms with Crippen LogP contribution in [0.25, 0.3) is 0 Å². The predicted molar refractivity (Wildman–Crippen MR) is 62.9 cm³/mol. The van der Waals surface area contributed by atoms with Crippen molar-refractivity contribution in [1.29, 1.82) is 15.8 Å². The number of rotatable bonds is 1. The van der Waals surface area contributed by atoms with E-state index < -0.39 is 22.8 Å². The number of hydrogen-bond acceptors (Lipinski definition) is 4. The molecule has 0 spiro atoms. The van der Waals surface area contributed by atoms with Crippen LogP contribution in [0.2, 0.25) is 0 Å². The molecule has 0 bridgehead atoms. The van der Waals surface area contributed by atoms with E-state index in [1.54, 1.807) is 6.07 Å². The molecule has 1 aliphatic heterocycles. The molecule has 1 atom stereocenters. The second kappa shape index (κ2) is 4.54. The molecule has 0 radical (unpaired) electrons. The molecule has 7 heteroatoms. The molecule has 0 amide bonds. The summed E-state index contributed by atoms with van der Waals surface area (Å²) in [4.78, 5) is 0. The Morgan fingerprint density at radius 3 is 1.95 bits per heavy atom. The van der Waals surface area contributed by atoms with E-state index in [0.717, 1.165) is 0 Å². The van der Waals surface area contributed by atoms with Gasteiger partial charge in [-0.2, -0.15) is 29.0 Å². The van der Waals surface area contributed by atoms with Crippen LogP contribution in [0.5, 0.6) is 0 Å². The van der Waals surface area contributed by atoms with Crippen LogP contribution in [0.4, 0.5) is 13.2 Å². The first-order valence-electron chi connectivity index (χ1n) is 5.63. The quantitative estimate of drug-likeness (QED) is 0.796. The Bertz CT molecular complexity index is 705. The first-order valence-corrected chi connectivity index (χ1v) is 5.63. The summed E-state index contributed by atoms with van der Waals surface area (Å²) in [6.45, 7) is 0. The molecule has 1 aromatic carbocycles. The van der Waals surface area contributed by atoms with Gasteiger partial charge in [-0.25, -0.2) is 0 Å². The van der Waals surface area contributed by atoms with Crippen molar-refractivity contribution in [1.82, 2.24) is 0 Å². The minimum Gasteiger partial charge on any atom is -0.464 e. The van der Waals surface area contributed by atoms with E-state index in [4.69, 9.17) is 4.74 Å². The van der Waals surface area contributed by atoms with Gasteiger partial charge < -0.3 is 4.74 Å². The highest BCUT2D eigenvalue weighted by molar-refractivity contribution is 5.58. The molecule has 1 unspecified atom stereocenters. The van der Waals surface area contributed by atoms with E-state index in [2.05, 4.69) is 0 Å². The Labute approximate surface area is 117 Å². The summed E-state index contributed by atoms with van der Waals surface area (Å²) in [5.41, 5.74) is -6.65. The fraction of sp³-hybridized carbons (Fsp3) is 0.214. The number of benzene rings is 1. The van der Waals surface area contributed by atoms with Crippen LogP contribution in [0.1, 0.15) is 5.56 Å². The lowest BCUT2D eigenvalue weighted by molar-refractivity contribution is -0.0988. The number of alkyl halides is 3. The third-order valence-corrected chi connectivity index (χ3v) is 3.28. The maximum atomic E-state index is 13.2. The van der Waals surface area contributed by atoms with Crippen LogP contribution >= 0.6 is 0 Å². The van der Waals surface area contributed by atoms with Crippen molar-refractivity contribution in [2.24, 2.45) is 0 Å². The summed E-state index contributed by atoms with van der Waals surface area (Å²) >= 11 is 0. The number of nitriles is 3. The van der Waals surface area contributed by atoms with Crippen LogP contribution in [-0.4, -0.2) is 11.8 Å². The van der Waals surface area contributed by atoms with Gasteiger partial charge in [0.25, 0.3) is 0 Å². The Hall–Kier alpha value is -2.98. The van der Waals surface area contributed by atoms with Gasteiger partial charge in [-0.05, 0) is 5.56 Å². The van der Waals surface area contributed by atoms with Crippen LogP contribution < -0.4 is 0 Å². The summed E-state index contributed by atoms with van der Waals surface area (Å²) in [5.74, 6) is 0. The van der Waals surface area contributed by atoms with Crippen molar-refractivity contribution >= 4 is 0 Å². The molecule has 0 fully saturated rings. The van der Waals surface area contributed by atoms with E-state index >= 15 is 0 Å². The summed E-state index contributed by atoms with van der Waals surface area (Å²) in [7, 11) is 0. The van der Waals surface area contributed by atoms with Gasteiger partial charge in [0.05, 0.1) is 17.9 Å². The third kappa shape index (κ3) is 1.74. The standard InChI is InChI=1S/C14H6F3N3O/c15-14(16,17)11-6-21-12(7-18,8-19)13(11,9-20)10-4-2-1-3-5-10/h1-6H. The molecular weight excluding hydrogens is 283 g/mol. The molecule has 0 saturated carbocycles. The van der Waals surface area contributed by atoms with Gasteiger partial charge in [0.1, 0.15) is 12.1 Å². The van der Waals surface area contributed by atoms with E-state index in [0.29, 0.717) is 0 Å². The first-order chi connectivity index (χ1) is 9.88. The fourth-order valence-corrected chi connectivity index (χ4v) is 2.29. The van der Waals surface area contributed by atoms with Crippen molar-refractivity contribution in [2.75, 3.05) is 0 Å². The van der Waals surface area contributed by atoms with Gasteiger partial charge in [-0.15, -0.1) is 0 Å². The van der Waals surface area contributed by atoms with Crippen LogP contribution in [0.15, 0.2) is 42.2 Å². The average molecular weight is 289 g/mol. The second-order valence-electron chi connectivity index (χ2n) is 4.28. The Morgan fingerprint density at radius 1 is 0.952 bits per heavy atom. The zero-order valence-corrected chi connectivity index (χ0v) is 10.3. The molecule has 1 aromatic rings. The lowest BCUT2D eigenvalue weighted by Gasteiger charge is -2.32. The fourth-order valence-electron chi connectivity index (χ4n) is 2.29. The molecule has 0 saturated heterocycles. The topological polar surface area (TPSA) is 80.6 Å². The first kappa shape index (κ1) is 14.4. The zero-order chi connectivity index (χ0) is 15.7. The molecule has 0 N–H and O–H groups in total. The lowest BCUT2D eigenvalue weighted by Crippen LogP contribution is -2.50. The number of ether oxygens (including phenoxy) is 1. The second-order valence-corrected chi connectivity index (χ2v) is 4.28. The van der Waals surface area contributed by atoms with Crippen molar-refractivity contribution in [3.8, 4) is 18.2 Å². The van der Waals surface area contributed by atoms with E-state index in [1.807, 2.05) is 0 Å². The summed E-state index contributed by atoms with van der Waals surface area (Å²) in [6.07, 6.45) is -4.64. The van der Waals surface area contributed by atoms with Gasteiger partial charge in [0.15, 0.2) is 5.41 Å². The highest BCUT2D eigenvalue weighted by Crippen LogP contribution is 2.53. The predicted octanol–water partition coefficient (Wildman–Crippen LogP) is 2.71. The van der Waals surface area contributed by atoms with Gasteiger partial charge in [0.2, 0.25) is 0 Å². The molecule has 0 aromatic heterocycles. The lowest BCUT2D eigenvalue weighted by atomic mass is 9.65. The molecule has 104 valence electrons.